The van der Waals surface area contributed by atoms with Crippen LogP contribution < -0.4 is 4.90 Å². The number of hydrogen-bond donors (Lipinski definition) is 0. The van der Waals surface area contributed by atoms with Gasteiger partial charge in [-0.15, -0.1) is 0 Å². The van der Waals surface area contributed by atoms with Gasteiger partial charge in [-0.2, -0.15) is 0 Å². The van der Waals surface area contributed by atoms with Gasteiger partial charge < -0.3 is 4.90 Å². The number of pyridine rings is 1. The maximum atomic E-state index is 12.8. The van der Waals surface area contributed by atoms with Gasteiger partial charge in [0.25, 0.3) is 0 Å². The van der Waals surface area contributed by atoms with Crippen molar-refractivity contribution in [3.63, 3.8) is 0 Å². The zero-order valence-electron chi connectivity index (χ0n) is 13.1. The van der Waals surface area contributed by atoms with Gasteiger partial charge in [0.15, 0.2) is 0 Å². The molecule has 1 heterocycles. The number of anilines is 1. The van der Waals surface area contributed by atoms with E-state index in [2.05, 4.69) is 4.98 Å². The van der Waals surface area contributed by atoms with E-state index in [1.165, 1.54) is 0 Å². The van der Waals surface area contributed by atoms with Gasteiger partial charge in [0, 0.05) is 17.3 Å². The summed E-state index contributed by atoms with van der Waals surface area (Å²) in [6, 6.07) is 13.8. The van der Waals surface area contributed by atoms with Crippen LogP contribution in [0.5, 0.6) is 0 Å². The third-order valence-electron chi connectivity index (χ3n) is 3.25. The van der Waals surface area contributed by atoms with Crippen molar-refractivity contribution in [2.75, 3.05) is 4.90 Å². The van der Waals surface area contributed by atoms with Crippen LogP contribution in [0.2, 0.25) is 0 Å². The average Bonchev–Trinajstić information content (AvgIpc) is 2.44. The Morgan fingerprint density at radius 3 is 2.48 bits per heavy atom. The Balaban J connectivity index is 2.37. The maximum absolute atomic E-state index is 12.8. The summed E-state index contributed by atoms with van der Waals surface area (Å²) in [6.07, 6.45) is 1.76. The highest BCUT2D eigenvalue weighted by Crippen LogP contribution is 2.25. The van der Waals surface area contributed by atoms with Crippen molar-refractivity contribution in [2.24, 2.45) is 5.41 Å². The van der Waals surface area contributed by atoms with Crippen molar-refractivity contribution < 1.29 is 4.79 Å². The molecule has 2 aromatic rings. The fraction of sp³-hybridized carbons (Fsp3) is 0.333. The van der Waals surface area contributed by atoms with Crippen molar-refractivity contribution in [3.8, 4) is 0 Å². The van der Waals surface area contributed by atoms with Gasteiger partial charge in [0.2, 0.25) is 5.91 Å². The molecule has 0 fully saturated rings. The predicted octanol–water partition coefficient (Wildman–Crippen LogP) is 3.97. The van der Waals surface area contributed by atoms with Gasteiger partial charge in [0.1, 0.15) is 0 Å². The van der Waals surface area contributed by atoms with Crippen LogP contribution in [-0.4, -0.2) is 10.9 Å². The zero-order valence-corrected chi connectivity index (χ0v) is 13.1. The molecule has 0 bridgehead atoms. The number of carbonyl (C=O) groups excluding carboxylic acids is 1. The topological polar surface area (TPSA) is 33.2 Å². The van der Waals surface area contributed by atoms with Crippen LogP contribution in [-0.2, 0) is 11.3 Å². The normalized spacial score (nSPS) is 11.2. The maximum Gasteiger partial charge on any atom is 0.232 e. The van der Waals surface area contributed by atoms with E-state index in [1.807, 2.05) is 75.1 Å². The number of amides is 1. The van der Waals surface area contributed by atoms with Gasteiger partial charge in [0.05, 0.1) is 12.2 Å². The largest absolute Gasteiger partial charge is 0.306 e. The Morgan fingerprint density at radius 2 is 1.90 bits per heavy atom. The van der Waals surface area contributed by atoms with E-state index in [0.717, 1.165) is 16.9 Å². The summed E-state index contributed by atoms with van der Waals surface area (Å²) < 4.78 is 0. The van der Waals surface area contributed by atoms with Gasteiger partial charge in [-0.05, 0) is 36.8 Å². The van der Waals surface area contributed by atoms with Crippen molar-refractivity contribution in [1.29, 1.82) is 0 Å². The minimum Gasteiger partial charge on any atom is -0.306 e. The first-order valence-electron chi connectivity index (χ1n) is 7.16. The van der Waals surface area contributed by atoms with E-state index in [-0.39, 0.29) is 5.91 Å². The Morgan fingerprint density at radius 1 is 1.14 bits per heavy atom. The van der Waals surface area contributed by atoms with Crippen LogP contribution in [0.3, 0.4) is 0 Å². The molecular weight excluding hydrogens is 260 g/mol. The van der Waals surface area contributed by atoms with Gasteiger partial charge in [-0.1, -0.05) is 39.0 Å². The minimum atomic E-state index is -0.432. The summed E-state index contributed by atoms with van der Waals surface area (Å²) in [5.74, 6) is 0.0961. The first-order valence-corrected chi connectivity index (χ1v) is 7.16. The van der Waals surface area contributed by atoms with Crippen LogP contribution in [0, 0.1) is 12.3 Å². The molecule has 1 aromatic carbocycles. The fourth-order valence-corrected chi connectivity index (χ4v) is 2.13. The number of nitrogens with zero attached hydrogens (tertiary/aromatic N) is 2. The molecule has 0 saturated heterocycles. The predicted molar refractivity (Wildman–Crippen MR) is 86.1 cm³/mol. The molecular formula is C18H22N2O. The Hall–Kier alpha value is -2.16. The lowest BCUT2D eigenvalue weighted by molar-refractivity contribution is -0.125. The number of rotatable bonds is 3. The summed E-state index contributed by atoms with van der Waals surface area (Å²) in [6.45, 7) is 8.34. The number of hydrogen-bond acceptors (Lipinski definition) is 2. The molecule has 110 valence electrons. The molecule has 0 saturated carbocycles. The zero-order chi connectivity index (χ0) is 15.5. The van der Waals surface area contributed by atoms with Crippen LogP contribution in [0.15, 0.2) is 48.7 Å². The second-order valence-electron chi connectivity index (χ2n) is 6.30. The monoisotopic (exact) mass is 282 g/mol. The smallest absolute Gasteiger partial charge is 0.232 e. The number of carbonyl (C=O) groups is 1. The van der Waals surface area contributed by atoms with Gasteiger partial charge >= 0.3 is 0 Å². The Labute approximate surface area is 126 Å². The molecule has 1 amide bonds. The van der Waals surface area contributed by atoms with Crippen molar-refractivity contribution in [2.45, 2.75) is 34.2 Å². The second kappa shape index (κ2) is 6.08. The summed E-state index contributed by atoms with van der Waals surface area (Å²) in [5.41, 5.74) is 2.51. The van der Waals surface area contributed by atoms with E-state index in [9.17, 15) is 4.79 Å². The molecule has 2 rings (SSSR count). The molecule has 21 heavy (non-hydrogen) atoms. The number of aromatic nitrogens is 1. The molecule has 0 aliphatic carbocycles. The lowest BCUT2D eigenvalue weighted by Crippen LogP contribution is -2.39. The van der Waals surface area contributed by atoms with Crippen molar-refractivity contribution in [3.05, 3.63) is 59.9 Å². The lowest BCUT2D eigenvalue weighted by atomic mass is 9.94. The third kappa shape index (κ3) is 3.91. The quantitative estimate of drug-likeness (QED) is 0.853. The lowest BCUT2D eigenvalue weighted by Gasteiger charge is -2.29. The highest BCUT2D eigenvalue weighted by Gasteiger charge is 2.28. The molecule has 0 unspecified atom stereocenters. The molecule has 1 aromatic heterocycles. The highest BCUT2D eigenvalue weighted by atomic mass is 16.2. The average molecular weight is 282 g/mol. The number of benzene rings is 1. The third-order valence-corrected chi connectivity index (χ3v) is 3.25. The van der Waals surface area contributed by atoms with Crippen LogP contribution in [0.1, 0.15) is 32.0 Å². The van der Waals surface area contributed by atoms with Crippen LogP contribution >= 0.6 is 0 Å². The highest BCUT2D eigenvalue weighted by molar-refractivity contribution is 5.96. The summed E-state index contributed by atoms with van der Waals surface area (Å²) in [7, 11) is 0. The Bertz CT molecular complexity index is 615. The molecule has 0 atom stereocenters. The molecule has 0 aliphatic heterocycles. The molecule has 0 N–H and O–H groups in total. The van der Waals surface area contributed by atoms with E-state index in [4.69, 9.17) is 0 Å². The second-order valence-corrected chi connectivity index (χ2v) is 6.30. The first kappa shape index (κ1) is 15.2. The van der Waals surface area contributed by atoms with Crippen molar-refractivity contribution >= 4 is 11.6 Å². The van der Waals surface area contributed by atoms with Gasteiger partial charge in [-0.25, -0.2) is 0 Å². The molecule has 3 heteroatoms. The van der Waals surface area contributed by atoms with Crippen molar-refractivity contribution in [1.82, 2.24) is 4.98 Å². The number of aryl methyl sites for hydroxylation is 1. The van der Waals surface area contributed by atoms with Crippen LogP contribution in [0.4, 0.5) is 5.69 Å². The Kier molecular flexibility index (Phi) is 4.41. The molecule has 3 nitrogen and oxygen atoms in total. The van der Waals surface area contributed by atoms with Crippen LogP contribution in [0.25, 0.3) is 0 Å². The van der Waals surface area contributed by atoms with E-state index in [0.29, 0.717) is 6.54 Å². The summed E-state index contributed by atoms with van der Waals surface area (Å²) in [4.78, 5) is 18.9. The minimum absolute atomic E-state index is 0.0961. The molecule has 0 spiro atoms. The summed E-state index contributed by atoms with van der Waals surface area (Å²) >= 11 is 0. The summed E-state index contributed by atoms with van der Waals surface area (Å²) in [5, 5.41) is 0. The van der Waals surface area contributed by atoms with Gasteiger partial charge in [-0.3, -0.25) is 9.78 Å². The first-order chi connectivity index (χ1) is 9.88. The fourth-order valence-electron chi connectivity index (χ4n) is 2.13. The SMILES string of the molecule is Cc1cccc(N(Cc2ccccn2)C(=O)C(C)(C)C)c1. The molecule has 0 radical (unpaired) electrons. The van der Waals surface area contributed by atoms with E-state index in [1.54, 1.807) is 6.20 Å². The van der Waals surface area contributed by atoms with E-state index < -0.39 is 5.41 Å². The molecule has 0 aliphatic rings. The van der Waals surface area contributed by atoms with E-state index >= 15 is 0 Å². The standard InChI is InChI=1S/C18H22N2O/c1-14-8-7-10-16(12-14)20(17(21)18(2,3)4)13-15-9-5-6-11-19-15/h5-12H,13H2,1-4H3.